The maximum atomic E-state index is 13.8. The molecule has 0 atom stereocenters. The van der Waals surface area contributed by atoms with Crippen LogP contribution < -0.4 is 4.74 Å². The number of aryl methyl sites for hydroxylation is 1. The van der Waals surface area contributed by atoms with Crippen molar-refractivity contribution < 1.29 is 35.5 Å². The van der Waals surface area contributed by atoms with Gasteiger partial charge in [-0.15, -0.1) is 0 Å². The van der Waals surface area contributed by atoms with Crippen LogP contribution in [-0.4, -0.2) is 19.5 Å². The number of benzene rings is 2. The van der Waals surface area contributed by atoms with Gasteiger partial charge in [0.2, 0.25) is 5.78 Å². The lowest BCUT2D eigenvalue weighted by Gasteiger charge is -2.14. The van der Waals surface area contributed by atoms with Gasteiger partial charge in [0, 0.05) is 0 Å². The number of sulfone groups is 1. The molecular weight excluding hydrogens is 390 g/mol. The van der Waals surface area contributed by atoms with Crippen LogP contribution in [0.2, 0.25) is 0 Å². The molecule has 0 spiro atoms. The highest BCUT2D eigenvalue weighted by atomic mass is 32.2. The van der Waals surface area contributed by atoms with Crippen LogP contribution in [0.5, 0.6) is 11.5 Å². The Hall–Kier alpha value is -2.93. The lowest BCUT2D eigenvalue weighted by Crippen LogP contribution is -2.30. The van der Waals surface area contributed by atoms with Crippen LogP contribution in [0.4, 0.5) is 17.6 Å². The summed E-state index contributed by atoms with van der Waals surface area (Å²) in [6.07, 6.45) is -3.46. The van der Waals surface area contributed by atoms with E-state index >= 15 is 0 Å². The summed E-state index contributed by atoms with van der Waals surface area (Å²) < 4.78 is 83.6. The van der Waals surface area contributed by atoms with Crippen molar-refractivity contribution in [3.63, 3.8) is 0 Å². The number of ketones is 1. The van der Waals surface area contributed by atoms with Gasteiger partial charge in [0.05, 0.1) is 27.7 Å². The van der Waals surface area contributed by atoms with Gasteiger partial charge in [-0.2, -0.15) is 14.0 Å². The Labute approximate surface area is 150 Å². The summed E-state index contributed by atoms with van der Waals surface area (Å²) >= 11 is 0. The average Bonchev–Trinajstić information content (AvgIpc) is 2.71. The molecule has 1 aliphatic heterocycles. The molecule has 0 amide bonds. The number of alkyl halides is 4. The molecule has 0 saturated carbocycles. The van der Waals surface area contributed by atoms with Crippen molar-refractivity contribution in [1.29, 1.82) is 5.26 Å². The van der Waals surface area contributed by atoms with E-state index in [0.717, 1.165) is 6.07 Å². The molecule has 140 valence electrons. The van der Waals surface area contributed by atoms with Gasteiger partial charge in [0.1, 0.15) is 11.5 Å². The molecule has 0 bridgehead atoms. The number of ether oxygens (including phenoxy) is 1. The molecule has 0 radical (unpaired) electrons. The molecule has 1 heterocycles. The number of halogens is 4. The van der Waals surface area contributed by atoms with E-state index in [-0.39, 0.29) is 11.3 Å². The molecule has 27 heavy (non-hydrogen) atoms. The Kier molecular flexibility index (Phi) is 4.23. The Morgan fingerprint density at radius 2 is 1.85 bits per heavy atom. The first-order chi connectivity index (χ1) is 12.5. The quantitative estimate of drug-likeness (QED) is 0.724. The van der Waals surface area contributed by atoms with E-state index < -0.39 is 49.1 Å². The van der Waals surface area contributed by atoms with E-state index in [9.17, 15) is 30.8 Å². The van der Waals surface area contributed by atoms with Crippen LogP contribution in [0.15, 0.2) is 35.2 Å². The zero-order chi connectivity index (χ0) is 20.1. The highest BCUT2D eigenvalue weighted by Crippen LogP contribution is 2.48. The van der Waals surface area contributed by atoms with Gasteiger partial charge >= 0.3 is 5.25 Å². The van der Waals surface area contributed by atoms with E-state index in [1.54, 1.807) is 6.92 Å². The Morgan fingerprint density at radius 1 is 1.19 bits per heavy atom. The number of rotatable bonds is 3. The van der Waals surface area contributed by atoms with E-state index in [0.29, 0.717) is 11.6 Å². The predicted octanol–water partition coefficient (Wildman–Crippen LogP) is 4.16. The largest absolute Gasteiger partial charge is 0.457 e. The molecule has 5 nitrogen and oxygen atoms in total. The fraction of sp³-hybridized carbons (Fsp3) is 0.176. The normalized spacial score (nSPS) is 16.9. The maximum absolute atomic E-state index is 13.8. The molecule has 1 aliphatic rings. The zero-order valence-corrected chi connectivity index (χ0v) is 14.3. The van der Waals surface area contributed by atoms with Crippen LogP contribution in [0.25, 0.3) is 0 Å². The number of nitriles is 1. The second-order valence-electron chi connectivity index (χ2n) is 5.75. The minimum Gasteiger partial charge on any atom is -0.457 e. The first-order valence-corrected chi connectivity index (χ1v) is 8.81. The van der Waals surface area contributed by atoms with Crippen molar-refractivity contribution in [1.82, 2.24) is 0 Å². The van der Waals surface area contributed by atoms with Crippen molar-refractivity contribution in [3.8, 4) is 17.6 Å². The minimum absolute atomic E-state index is 0.0477. The van der Waals surface area contributed by atoms with Gasteiger partial charge in [-0.25, -0.2) is 17.2 Å². The molecule has 2 aromatic carbocycles. The topological polar surface area (TPSA) is 84.2 Å². The molecular formula is C17H9F4NO4S. The standard InChI is InChI=1S/C17H9F4NO4S/c1-8-4-9(7-22)6-10(5-8)26-11-2-3-12-14(13(11)16(18)19)15(23)17(20,21)27(12,24)25/h2-6,16H,1H3. The van der Waals surface area contributed by atoms with E-state index in [1.165, 1.54) is 18.2 Å². The highest BCUT2D eigenvalue weighted by Gasteiger charge is 2.62. The molecule has 0 unspecified atom stereocenters. The Balaban J connectivity index is 2.22. The second-order valence-corrected chi connectivity index (χ2v) is 7.71. The van der Waals surface area contributed by atoms with Crippen LogP contribution in [-0.2, 0) is 9.84 Å². The summed E-state index contributed by atoms with van der Waals surface area (Å²) in [5, 5.41) is 4.13. The number of hydrogen-bond donors (Lipinski definition) is 0. The fourth-order valence-corrected chi connectivity index (χ4v) is 4.09. The maximum Gasteiger partial charge on any atom is 0.411 e. The van der Waals surface area contributed by atoms with Gasteiger partial charge in [-0.05, 0) is 42.8 Å². The summed E-state index contributed by atoms with van der Waals surface area (Å²) in [5.74, 6) is -2.92. The zero-order valence-electron chi connectivity index (χ0n) is 13.5. The number of fused-ring (bicyclic) bond motifs is 1. The van der Waals surface area contributed by atoms with E-state index in [2.05, 4.69) is 0 Å². The molecule has 10 heteroatoms. The smallest absolute Gasteiger partial charge is 0.411 e. The highest BCUT2D eigenvalue weighted by molar-refractivity contribution is 7.94. The number of hydrogen-bond acceptors (Lipinski definition) is 5. The average molecular weight is 399 g/mol. The molecule has 3 rings (SSSR count). The fourth-order valence-electron chi connectivity index (χ4n) is 2.75. The van der Waals surface area contributed by atoms with Crippen LogP contribution in [0, 0.1) is 18.3 Å². The Bertz CT molecular complexity index is 1120. The third kappa shape index (κ3) is 2.75. The SMILES string of the molecule is Cc1cc(C#N)cc(Oc2ccc3c(c2C(F)F)C(=O)C(F)(F)S3(=O)=O)c1. The number of Topliss-reactive ketones (excluding diaryl/α,β-unsaturated/α-hetero) is 1. The second kappa shape index (κ2) is 6.06. The van der Waals surface area contributed by atoms with Crippen molar-refractivity contribution in [2.45, 2.75) is 23.5 Å². The monoisotopic (exact) mass is 399 g/mol. The lowest BCUT2D eigenvalue weighted by atomic mass is 10.0. The predicted molar refractivity (Wildman–Crippen MR) is 83.8 cm³/mol. The number of carbonyl (C=O) groups excluding carboxylic acids is 1. The Morgan fingerprint density at radius 3 is 2.44 bits per heavy atom. The van der Waals surface area contributed by atoms with Crippen LogP contribution >= 0.6 is 0 Å². The summed E-state index contributed by atoms with van der Waals surface area (Å²) in [5.41, 5.74) is -1.79. The first kappa shape index (κ1) is 18.8. The summed E-state index contributed by atoms with van der Waals surface area (Å²) in [6.45, 7) is 1.61. The van der Waals surface area contributed by atoms with Crippen molar-refractivity contribution in [3.05, 3.63) is 52.6 Å². The number of carbonyl (C=O) groups is 1. The molecule has 0 fully saturated rings. The van der Waals surface area contributed by atoms with Crippen LogP contribution in [0.1, 0.15) is 33.5 Å². The van der Waals surface area contributed by atoms with Gasteiger partial charge in [-0.3, -0.25) is 4.79 Å². The molecule has 2 aromatic rings. The van der Waals surface area contributed by atoms with Gasteiger partial charge in [0.25, 0.3) is 16.3 Å². The van der Waals surface area contributed by atoms with Gasteiger partial charge < -0.3 is 4.74 Å². The summed E-state index contributed by atoms with van der Waals surface area (Å²) in [7, 11) is -5.41. The van der Waals surface area contributed by atoms with Crippen molar-refractivity contribution in [2.75, 3.05) is 0 Å². The van der Waals surface area contributed by atoms with Gasteiger partial charge in [0.15, 0.2) is 0 Å². The van der Waals surface area contributed by atoms with Crippen molar-refractivity contribution in [2.24, 2.45) is 0 Å². The molecule has 0 aromatic heterocycles. The summed E-state index contributed by atoms with van der Waals surface area (Å²) in [6, 6.07) is 7.37. The van der Waals surface area contributed by atoms with E-state index in [4.69, 9.17) is 10.00 Å². The van der Waals surface area contributed by atoms with E-state index in [1.807, 2.05) is 6.07 Å². The van der Waals surface area contributed by atoms with Crippen LogP contribution in [0.3, 0.4) is 0 Å². The number of nitrogens with zero attached hydrogens (tertiary/aromatic N) is 1. The minimum atomic E-state index is -5.41. The third-order valence-corrected chi connectivity index (χ3v) is 5.69. The van der Waals surface area contributed by atoms with Gasteiger partial charge in [-0.1, -0.05) is 0 Å². The molecule has 0 saturated heterocycles. The van der Waals surface area contributed by atoms with Crippen molar-refractivity contribution >= 4 is 15.6 Å². The first-order valence-electron chi connectivity index (χ1n) is 7.32. The summed E-state index contributed by atoms with van der Waals surface area (Å²) in [4.78, 5) is 10.7. The lowest BCUT2D eigenvalue weighted by molar-refractivity contribution is 0.0541. The third-order valence-electron chi connectivity index (χ3n) is 3.91. The molecule has 0 N–H and O–H groups in total. The molecule has 0 aliphatic carbocycles.